The number of amides is 2. The van der Waals surface area contributed by atoms with E-state index in [9.17, 15) is 26.7 Å². The number of nitrogens with zero attached hydrogens (tertiary/aromatic N) is 2. The second-order valence-electron chi connectivity index (χ2n) is 6.47. The molecular formula is C21H26F5I2N5O2. The van der Waals surface area contributed by atoms with Crippen LogP contribution in [-0.2, 0) is 0 Å². The van der Waals surface area contributed by atoms with Crippen molar-refractivity contribution in [1.82, 2.24) is 15.3 Å². The van der Waals surface area contributed by atoms with Crippen LogP contribution in [0.25, 0.3) is 11.0 Å². The molecule has 35 heavy (non-hydrogen) atoms. The molecule has 0 aliphatic heterocycles. The van der Waals surface area contributed by atoms with Gasteiger partial charge in [0.1, 0.15) is 11.6 Å². The second kappa shape index (κ2) is 15.9. The van der Waals surface area contributed by atoms with E-state index in [2.05, 4.69) is 74.3 Å². The van der Waals surface area contributed by atoms with Gasteiger partial charge in [0.05, 0.1) is 18.1 Å². The van der Waals surface area contributed by atoms with Crippen LogP contribution in [0.3, 0.4) is 0 Å². The molecule has 2 aromatic heterocycles. The second-order valence-corrected chi connectivity index (χ2v) is 6.47. The lowest BCUT2D eigenvalue weighted by molar-refractivity contribution is -0.158. The maximum absolute atomic E-state index is 13.8. The topological polar surface area (TPSA) is 106 Å². The fraction of sp³-hybridized carbons (Fsp3) is 0.381. The summed E-state index contributed by atoms with van der Waals surface area (Å²) in [7, 11) is 0. The van der Waals surface area contributed by atoms with Crippen LogP contribution in [0.2, 0.25) is 0 Å². The van der Waals surface area contributed by atoms with Crippen molar-refractivity contribution in [1.29, 1.82) is 0 Å². The quantitative estimate of drug-likeness (QED) is 0.149. The highest BCUT2D eigenvalue weighted by molar-refractivity contribution is 14.1. The first-order chi connectivity index (χ1) is 16.5. The molecule has 0 spiro atoms. The molecule has 1 unspecified atom stereocenters. The van der Waals surface area contributed by atoms with Crippen LogP contribution in [0.1, 0.15) is 37.6 Å². The van der Waals surface area contributed by atoms with E-state index < -0.39 is 41.2 Å². The zero-order chi connectivity index (χ0) is 27.3. The fourth-order valence-corrected chi connectivity index (χ4v) is 2.53. The molecule has 7 nitrogen and oxygen atoms in total. The standard InChI is InChI=1S/C16H12F5N5O2.C3H8.2CH3I/c1-6-9-2-7(17)3-10(18)12(9)28-11(6)13(16(19,20)21)26-15(27)25-8-4-23-14(22)24-5-8;1-3-2;2*1-2/h2-5,13H,1H3,(H2,22,23,24)(H2,25,26,27);3H2,1-2H3;2*1H3. The molecule has 1 aromatic carbocycles. The Morgan fingerprint density at radius 1 is 1.11 bits per heavy atom. The van der Waals surface area contributed by atoms with Crippen molar-refractivity contribution < 1.29 is 31.2 Å². The number of fused-ring (bicyclic) bond motifs is 1. The molecule has 2 heterocycles. The van der Waals surface area contributed by atoms with Gasteiger partial charge >= 0.3 is 12.2 Å². The number of rotatable bonds is 3. The van der Waals surface area contributed by atoms with Gasteiger partial charge in [0.15, 0.2) is 17.4 Å². The van der Waals surface area contributed by atoms with Crippen LogP contribution in [0.15, 0.2) is 28.9 Å². The SMILES string of the molecule is CCC.CI.CI.Cc1c(C(NC(=O)Nc2cnc(N)nc2)C(F)(F)F)oc2c(F)cc(F)cc12. The van der Waals surface area contributed by atoms with Crippen LogP contribution >= 0.6 is 45.2 Å². The normalized spacial score (nSPS) is 11.1. The molecule has 0 fully saturated rings. The summed E-state index contributed by atoms with van der Waals surface area (Å²) < 4.78 is 72.8. The number of aromatic nitrogens is 2. The Bertz CT molecular complexity index is 1060. The van der Waals surface area contributed by atoms with Gasteiger partial charge in [-0.05, 0) is 22.9 Å². The highest BCUT2D eigenvalue weighted by Crippen LogP contribution is 2.39. The number of anilines is 2. The van der Waals surface area contributed by atoms with Crippen LogP contribution < -0.4 is 16.4 Å². The summed E-state index contributed by atoms with van der Waals surface area (Å²) in [4.78, 5) is 23.1. The van der Waals surface area contributed by atoms with E-state index in [0.29, 0.717) is 6.07 Å². The third-order valence-corrected chi connectivity index (χ3v) is 3.79. The zero-order valence-corrected chi connectivity index (χ0v) is 23.8. The van der Waals surface area contributed by atoms with E-state index >= 15 is 0 Å². The number of nitrogens with two attached hydrogens (primary N) is 1. The average molecular weight is 729 g/mol. The molecule has 0 saturated heterocycles. The predicted molar refractivity (Wildman–Crippen MR) is 144 cm³/mol. The molecule has 0 radical (unpaired) electrons. The largest absolute Gasteiger partial charge is 0.455 e. The van der Waals surface area contributed by atoms with Gasteiger partial charge in [-0.15, -0.1) is 0 Å². The van der Waals surface area contributed by atoms with Gasteiger partial charge < -0.3 is 20.8 Å². The minimum atomic E-state index is -4.98. The smallest absolute Gasteiger partial charge is 0.416 e. The average Bonchev–Trinajstić information content (AvgIpc) is 3.12. The molecule has 2 amide bonds. The number of carbonyl (C=O) groups is 1. The van der Waals surface area contributed by atoms with Crippen molar-refractivity contribution in [2.24, 2.45) is 0 Å². The van der Waals surface area contributed by atoms with Crippen molar-refractivity contribution >= 4 is 73.8 Å². The Morgan fingerprint density at radius 2 is 1.63 bits per heavy atom. The van der Waals surface area contributed by atoms with Gasteiger partial charge in [0.2, 0.25) is 5.95 Å². The molecular weight excluding hydrogens is 703 g/mol. The van der Waals surface area contributed by atoms with Gasteiger partial charge in [0.25, 0.3) is 0 Å². The number of furan rings is 1. The summed E-state index contributed by atoms with van der Waals surface area (Å²) in [6, 6.07) is -2.53. The van der Waals surface area contributed by atoms with E-state index in [1.165, 1.54) is 13.3 Å². The Kier molecular flexibility index (Phi) is 15.0. The number of aryl methyl sites for hydroxylation is 1. The Hall–Kier alpha value is -1.98. The number of nitrogens with one attached hydrogen (secondary N) is 2. The predicted octanol–water partition coefficient (Wildman–Crippen LogP) is 7.34. The lowest BCUT2D eigenvalue weighted by atomic mass is 10.1. The number of hydrogen-bond donors (Lipinski definition) is 3. The molecule has 196 valence electrons. The Balaban J connectivity index is 0.00000150. The Labute approximate surface area is 227 Å². The van der Waals surface area contributed by atoms with Crippen LogP contribution in [0, 0.1) is 18.6 Å². The number of carbonyl (C=O) groups excluding carboxylic acids is 1. The van der Waals surface area contributed by atoms with Crippen LogP contribution in [-0.4, -0.2) is 32.0 Å². The van der Waals surface area contributed by atoms with Crippen molar-refractivity contribution in [3.63, 3.8) is 0 Å². The van der Waals surface area contributed by atoms with Gasteiger partial charge in [-0.1, -0.05) is 65.5 Å². The molecule has 3 aromatic rings. The minimum Gasteiger partial charge on any atom is -0.455 e. The summed E-state index contributed by atoms with van der Waals surface area (Å²) in [6.07, 6.45) is -1.55. The highest BCUT2D eigenvalue weighted by atomic mass is 127. The molecule has 0 aliphatic carbocycles. The molecule has 1 atom stereocenters. The first-order valence-corrected chi connectivity index (χ1v) is 14.1. The lowest BCUT2D eigenvalue weighted by Gasteiger charge is -2.20. The van der Waals surface area contributed by atoms with Gasteiger partial charge in [-0.25, -0.2) is 23.5 Å². The van der Waals surface area contributed by atoms with Gasteiger partial charge in [0, 0.05) is 17.0 Å². The monoisotopic (exact) mass is 729 g/mol. The third kappa shape index (κ3) is 9.89. The number of hydrogen-bond acceptors (Lipinski definition) is 5. The summed E-state index contributed by atoms with van der Waals surface area (Å²) in [5.74, 6) is -2.99. The summed E-state index contributed by atoms with van der Waals surface area (Å²) >= 11 is 4.30. The number of halogens is 7. The minimum absolute atomic E-state index is 0.0120. The van der Waals surface area contributed by atoms with Crippen LogP contribution in [0.4, 0.5) is 38.4 Å². The maximum Gasteiger partial charge on any atom is 0.416 e. The fourth-order valence-electron chi connectivity index (χ4n) is 2.53. The van der Waals surface area contributed by atoms with Crippen molar-refractivity contribution in [2.45, 2.75) is 39.4 Å². The molecule has 0 bridgehead atoms. The molecule has 4 N–H and O–H groups in total. The van der Waals surface area contributed by atoms with Crippen molar-refractivity contribution in [3.8, 4) is 0 Å². The van der Waals surface area contributed by atoms with E-state index in [1.54, 1.807) is 5.32 Å². The van der Waals surface area contributed by atoms with E-state index in [-0.39, 0.29) is 22.6 Å². The molecule has 0 aliphatic rings. The zero-order valence-electron chi connectivity index (χ0n) is 19.5. The highest BCUT2D eigenvalue weighted by Gasteiger charge is 2.45. The van der Waals surface area contributed by atoms with Gasteiger partial charge in [-0.2, -0.15) is 13.2 Å². The lowest BCUT2D eigenvalue weighted by Crippen LogP contribution is -2.40. The number of benzene rings is 1. The first kappa shape index (κ1) is 33.0. The molecule has 0 saturated carbocycles. The van der Waals surface area contributed by atoms with E-state index in [4.69, 9.17) is 10.2 Å². The third-order valence-electron chi connectivity index (χ3n) is 3.79. The molecule has 3 rings (SSSR count). The summed E-state index contributed by atoms with van der Waals surface area (Å²) in [5, 5.41) is 3.64. The summed E-state index contributed by atoms with van der Waals surface area (Å²) in [5.41, 5.74) is 4.56. The van der Waals surface area contributed by atoms with Crippen molar-refractivity contribution in [2.75, 3.05) is 20.9 Å². The first-order valence-electron chi connectivity index (χ1n) is 9.83. The number of alkyl halides is 5. The van der Waals surface area contributed by atoms with E-state index in [1.807, 2.05) is 9.86 Å². The van der Waals surface area contributed by atoms with Crippen molar-refractivity contribution in [3.05, 3.63) is 47.5 Å². The van der Waals surface area contributed by atoms with Gasteiger partial charge in [-0.3, -0.25) is 0 Å². The number of nitrogen functional groups attached to an aromatic ring is 1. The van der Waals surface area contributed by atoms with E-state index in [0.717, 1.165) is 18.5 Å². The number of urea groups is 1. The maximum atomic E-state index is 13.8. The van der Waals surface area contributed by atoms with Crippen LogP contribution in [0.5, 0.6) is 0 Å². The molecule has 14 heteroatoms. The Morgan fingerprint density at radius 3 is 2.11 bits per heavy atom. The summed E-state index contributed by atoms with van der Waals surface area (Å²) in [6.45, 7) is 5.45.